The lowest BCUT2D eigenvalue weighted by Gasteiger charge is -1.92. The lowest BCUT2D eigenvalue weighted by molar-refractivity contribution is 0.0623. The predicted molar refractivity (Wildman–Crippen MR) is 56.5 cm³/mol. The molecule has 2 aromatic heterocycles. The van der Waals surface area contributed by atoms with Gasteiger partial charge in [-0.3, -0.25) is 0 Å². The van der Waals surface area contributed by atoms with Gasteiger partial charge in [0.1, 0.15) is 5.76 Å². The quantitative estimate of drug-likeness (QED) is 0.826. The van der Waals surface area contributed by atoms with Crippen molar-refractivity contribution in [3.8, 4) is 0 Å². The molecule has 2 rings (SSSR count). The van der Waals surface area contributed by atoms with E-state index in [1.807, 2.05) is 0 Å². The molecule has 7 heteroatoms. The Kier molecular flexibility index (Phi) is 3.13. The second-order valence-electron chi connectivity index (χ2n) is 3.48. The number of carboxylic acids is 2. The zero-order valence-electron chi connectivity index (χ0n) is 9.12. The fraction of sp³-hybridized carbons (Fsp3) is 0.182. The molecule has 2 aromatic rings. The lowest BCUT2D eigenvalue weighted by Crippen LogP contribution is -2.05. The van der Waals surface area contributed by atoms with Crippen LogP contribution in [0.5, 0.6) is 0 Å². The molecule has 94 valence electrons. The summed E-state index contributed by atoms with van der Waals surface area (Å²) in [4.78, 5) is 25.2. The largest absolute Gasteiger partial charge is 0.476 e. The number of aromatic nitrogens is 1. The van der Waals surface area contributed by atoms with Crippen molar-refractivity contribution in [2.45, 2.75) is 12.8 Å². The molecule has 0 fully saturated rings. The van der Waals surface area contributed by atoms with Gasteiger partial charge in [-0.25, -0.2) is 14.6 Å². The van der Waals surface area contributed by atoms with E-state index in [-0.39, 0.29) is 12.3 Å². The maximum absolute atomic E-state index is 10.8. The summed E-state index contributed by atoms with van der Waals surface area (Å²) in [7, 11) is 0. The van der Waals surface area contributed by atoms with Gasteiger partial charge in [0.05, 0.1) is 6.26 Å². The molecule has 18 heavy (non-hydrogen) atoms. The molecule has 0 bridgehead atoms. The van der Waals surface area contributed by atoms with Crippen LogP contribution in [0.15, 0.2) is 27.2 Å². The molecule has 0 saturated heterocycles. The molecule has 0 radical (unpaired) electrons. The summed E-state index contributed by atoms with van der Waals surface area (Å²) >= 11 is 0. The number of oxazole rings is 1. The number of hydrogen-bond donors (Lipinski definition) is 2. The molecule has 2 heterocycles. The Labute approximate surface area is 101 Å². The minimum atomic E-state index is -1.45. The van der Waals surface area contributed by atoms with Crippen molar-refractivity contribution < 1.29 is 28.6 Å². The lowest BCUT2D eigenvalue weighted by atomic mass is 10.2. The maximum Gasteiger partial charge on any atom is 0.374 e. The predicted octanol–water partition coefficient (Wildman–Crippen LogP) is 1.45. The smallest absolute Gasteiger partial charge is 0.374 e. The molecule has 2 N–H and O–H groups in total. The Morgan fingerprint density at radius 1 is 1.22 bits per heavy atom. The van der Waals surface area contributed by atoms with Crippen LogP contribution in [-0.4, -0.2) is 27.1 Å². The first-order valence-corrected chi connectivity index (χ1v) is 5.06. The van der Waals surface area contributed by atoms with Crippen molar-refractivity contribution in [1.82, 2.24) is 4.98 Å². The van der Waals surface area contributed by atoms with E-state index in [0.717, 1.165) is 0 Å². The first kappa shape index (κ1) is 11.9. The number of carbonyl (C=O) groups is 2. The van der Waals surface area contributed by atoms with Crippen LogP contribution in [0.2, 0.25) is 0 Å². The van der Waals surface area contributed by atoms with Crippen molar-refractivity contribution in [2.75, 3.05) is 0 Å². The van der Waals surface area contributed by atoms with Gasteiger partial charge in [-0.15, -0.1) is 0 Å². The highest BCUT2D eigenvalue weighted by atomic mass is 16.4. The number of rotatable bonds is 5. The van der Waals surface area contributed by atoms with Crippen LogP contribution in [0, 0.1) is 0 Å². The number of furan rings is 1. The third-order valence-electron chi connectivity index (χ3n) is 2.23. The molecule has 0 aliphatic rings. The standard InChI is InChI=1S/C11H9NO6/c13-10(14)8-9(11(15)16)18-7(12-8)4-3-6-2-1-5-17-6/h1-2,5H,3-4H2,(H,13,14)(H,15,16). The summed E-state index contributed by atoms with van der Waals surface area (Å²) in [6, 6.07) is 3.47. The van der Waals surface area contributed by atoms with E-state index in [4.69, 9.17) is 19.0 Å². The van der Waals surface area contributed by atoms with Gasteiger partial charge in [0, 0.05) is 12.8 Å². The molecule has 0 aliphatic carbocycles. The second-order valence-corrected chi connectivity index (χ2v) is 3.48. The van der Waals surface area contributed by atoms with Gasteiger partial charge >= 0.3 is 11.9 Å². The minimum Gasteiger partial charge on any atom is -0.476 e. The average Bonchev–Trinajstić information content (AvgIpc) is 2.95. The van der Waals surface area contributed by atoms with Gasteiger partial charge in [-0.2, -0.15) is 0 Å². The van der Waals surface area contributed by atoms with Gasteiger partial charge in [0.25, 0.3) is 0 Å². The number of aromatic carboxylic acids is 2. The number of carboxylic acid groups (broad SMARTS) is 2. The molecule has 0 unspecified atom stereocenters. The van der Waals surface area contributed by atoms with E-state index >= 15 is 0 Å². The van der Waals surface area contributed by atoms with Crippen LogP contribution < -0.4 is 0 Å². The van der Waals surface area contributed by atoms with Gasteiger partial charge in [-0.05, 0) is 12.1 Å². The Morgan fingerprint density at radius 3 is 2.50 bits per heavy atom. The summed E-state index contributed by atoms with van der Waals surface area (Å²) in [5.41, 5.74) is -0.586. The maximum atomic E-state index is 10.8. The van der Waals surface area contributed by atoms with Gasteiger partial charge in [0.2, 0.25) is 11.5 Å². The molecule has 7 nitrogen and oxygen atoms in total. The molecular formula is C11H9NO6. The fourth-order valence-corrected chi connectivity index (χ4v) is 1.45. The van der Waals surface area contributed by atoms with Gasteiger partial charge in [-0.1, -0.05) is 0 Å². The Morgan fingerprint density at radius 2 is 2.00 bits per heavy atom. The van der Waals surface area contributed by atoms with E-state index in [2.05, 4.69) is 4.98 Å². The molecule has 0 amide bonds. The zero-order chi connectivity index (χ0) is 13.1. The highest BCUT2D eigenvalue weighted by Crippen LogP contribution is 2.14. The van der Waals surface area contributed by atoms with E-state index in [1.165, 1.54) is 6.26 Å². The topological polar surface area (TPSA) is 114 Å². The fourth-order valence-electron chi connectivity index (χ4n) is 1.45. The summed E-state index contributed by atoms with van der Waals surface area (Å²) in [5.74, 6) is -2.80. The summed E-state index contributed by atoms with van der Waals surface area (Å²) in [6.45, 7) is 0. The first-order chi connectivity index (χ1) is 8.58. The van der Waals surface area contributed by atoms with Crippen molar-refractivity contribution >= 4 is 11.9 Å². The number of aryl methyl sites for hydroxylation is 2. The third-order valence-corrected chi connectivity index (χ3v) is 2.23. The molecule has 0 aliphatic heterocycles. The van der Waals surface area contributed by atoms with Crippen LogP contribution in [0.1, 0.15) is 32.7 Å². The van der Waals surface area contributed by atoms with Crippen LogP contribution in [0.4, 0.5) is 0 Å². The molecule has 0 spiro atoms. The zero-order valence-corrected chi connectivity index (χ0v) is 9.12. The normalized spacial score (nSPS) is 10.4. The van der Waals surface area contributed by atoms with Gasteiger partial charge in [0.15, 0.2) is 5.89 Å². The molecule has 0 aromatic carbocycles. The SMILES string of the molecule is O=C(O)c1nc(CCc2ccco2)oc1C(=O)O. The van der Waals surface area contributed by atoms with Crippen LogP contribution in [0.25, 0.3) is 0 Å². The van der Waals surface area contributed by atoms with E-state index in [9.17, 15) is 9.59 Å². The number of nitrogens with zero attached hydrogens (tertiary/aromatic N) is 1. The third kappa shape index (κ3) is 2.40. The van der Waals surface area contributed by atoms with Gasteiger partial charge < -0.3 is 19.0 Å². The first-order valence-electron chi connectivity index (χ1n) is 5.06. The summed E-state index contributed by atoms with van der Waals surface area (Å²) < 4.78 is 9.99. The highest BCUT2D eigenvalue weighted by molar-refractivity contribution is 5.98. The number of hydrogen-bond acceptors (Lipinski definition) is 5. The van der Waals surface area contributed by atoms with E-state index < -0.39 is 23.4 Å². The Balaban J connectivity index is 2.16. The van der Waals surface area contributed by atoms with Crippen molar-refractivity contribution in [1.29, 1.82) is 0 Å². The van der Waals surface area contributed by atoms with E-state index in [0.29, 0.717) is 12.2 Å². The van der Waals surface area contributed by atoms with Crippen molar-refractivity contribution in [2.24, 2.45) is 0 Å². The second kappa shape index (κ2) is 4.74. The van der Waals surface area contributed by atoms with Crippen LogP contribution >= 0.6 is 0 Å². The molecule has 0 atom stereocenters. The van der Waals surface area contributed by atoms with Crippen LogP contribution in [0.3, 0.4) is 0 Å². The Hall–Kier alpha value is -2.57. The summed E-state index contributed by atoms with van der Waals surface area (Å²) in [5, 5.41) is 17.5. The van der Waals surface area contributed by atoms with Crippen molar-refractivity contribution in [3.05, 3.63) is 41.5 Å². The van der Waals surface area contributed by atoms with E-state index in [1.54, 1.807) is 12.1 Å². The molecular weight excluding hydrogens is 242 g/mol. The average molecular weight is 251 g/mol. The monoisotopic (exact) mass is 251 g/mol. The summed E-state index contributed by atoms with van der Waals surface area (Å²) in [6.07, 6.45) is 2.23. The van der Waals surface area contributed by atoms with Crippen LogP contribution in [-0.2, 0) is 12.8 Å². The minimum absolute atomic E-state index is 0.0567. The van der Waals surface area contributed by atoms with Crippen molar-refractivity contribution in [3.63, 3.8) is 0 Å². The Bertz CT molecular complexity index is 537. The molecule has 0 saturated carbocycles. The highest BCUT2D eigenvalue weighted by Gasteiger charge is 2.24.